The van der Waals surface area contributed by atoms with Crippen molar-refractivity contribution in [3.63, 3.8) is 0 Å². The van der Waals surface area contributed by atoms with Crippen LogP contribution in [0.5, 0.6) is 17.2 Å². The first-order valence-corrected chi connectivity index (χ1v) is 11.6. The zero-order valence-electron chi connectivity index (χ0n) is 17.2. The molecule has 0 spiro atoms. The Labute approximate surface area is 201 Å². The molecule has 0 saturated heterocycles. The maximum Gasteiger partial charge on any atom is 0.339 e. The Morgan fingerprint density at radius 2 is 1.53 bits per heavy atom. The van der Waals surface area contributed by atoms with Gasteiger partial charge < -0.3 is 13.7 Å². The van der Waals surface area contributed by atoms with Gasteiger partial charge in [-0.05, 0) is 31.2 Å². The number of hydrogen-bond donors (Lipinski definition) is 0. The minimum Gasteiger partial charge on any atom is -0.495 e. The number of aryl methyl sites for hydroxylation is 1. The molecule has 3 aromatic carbocycles. The lowest BCUT2D eigenvalue weighted by molar-refractivity contribution is 0.404. The molecule has 0 aliphatic heterocycles. The van der Waals surface area contributed by atoms with E-state index in [2.05, 4.69) is 4.99 Å². The number of ether oxygens (including phenoxy) is 2. The fraction of sp³-hybridized carbons (Fsp3) is 0.136. The normalized spacial score (nSPS) is 11.6. The van der Waals surface area contributed by atoms with Gasteiger partial charge in [-0.1, -0.05) is 52.5 Å². The average molecular weight is 515 g/mol. The highest BCUT2D eigenvalue weighted by molar-refractivity contribution is 7.87. The van der Waals surface area contributed by atoms with Crippen LogP contribution in [0.2, 0.25) is 15.1 Å². The lowest BCUT2D eigenvalue weighted by Crippen LogP contribution is -2.11. The summed E-state index contributed by atoms with van der Waals surface area (Å²) in [7, 11) is -1.21. The summed E-state index contributed by atoms with van der Waals surface area (Å²) < 4.78 is 41.5. The summed E-state index contributed by atoms with van der Waals surface area (Å²) in [5.74, 6) is 0.664. The van der Waals surface area contributed by atoms with E-state index in [9.17, 15) is 8.42 Å². The molecule has 0 radical (unpaired) electrons. The van der Waals surface area contributed by atoms with Gasteiger partial charge in [0.2, 0.25) is 0 Å². The van der Waals surface area contributed by atoms with Crippen LogP contribution in [0, 0.1) is 6.92 Å². The van der Waals surface area contributed by atoms with Gasteiger partial charge in [0.05, 0.1) is 24.3 Å². The molecule has 10 heteroatoms. The average Bonchev–Trinajstić information content (AvgIpc) is 2.75. The van der Waals surface area contributed by atoms with E-state index in [1.165, 1.54) is 44.7 Å². The maximum absolute atomic E-state index is 12.8. The van der Waals surface area contributed by atoms with Gasteiger partial charge in [0.1, 0.15) is 22.1 Å². The van der Waals surface area contributed by atoms with Gasteiger partial charge in [0, 0.05) is 28.9 Å². The summed E-state index contributed by atoms with van der Waals surface area (Å²) in [5.41, 5.74) is 1.54. The first-order valence-electron chi connectivity index (χ1n) is 9.10. The van der Waals surface area contributed by atoms with Crippen molar-refractivity contribution >= 4 is 56.8 Å². The van der Waals surface area contributed by atoms with Crippen molar-refractivity contribution in [1.82, 2.24) is 0 Å². The van der Waals surface area contributed by atoms with Gasteiger partial charge in [-0.15, -0.1) is 0 Å². The SMILES string of the molecule is COc1cc(N=Cc2cc(Cl)cc(Cl)c2OS(=O)(=O)c2ccc(C)cc2)c(OC)cc1Cl. The summed E-state index contributed by atoms with van der Waals surface area (Å²) in [6, 6.07) is 12.2. The van der Waals surface area contributed by atoms with Gasteiger partial charge in [-0.2, -0.15) is 8.42 Å². The van der Waals surface area contributed by atoms with E-state index < -0.39 is 10.1 Å². The predicted octanol–water partition coefficient (Wildman–Crippen LogP) is 6.49. The molecule has 0 saturated carbocycles. The van der Waals surface area contributed by atoms with Crippen molar-refractivity contribution in [3.8, 4) is 17.2 Å². The number of hydrogen-bond acceptors (Lipinski definition) is 6. The van der Waals surface area contributed by atoms with Crippen molar-refractivity contribution in [3.05, 3.63) is 74.7 Å². The summed E-state index contributed by atoms with van der Waals surface area (Å²) >= 11 is 18.5. The Morgan fingerprint density at radius 1 is 0.875 bits per heavy atom. The molecule has 0 aromatic heterocycles. The topological polar surface area (TPSA) is 74.2 Å². The van der Waals surface area contributed by atoms with E-state index in [0.29, 0.717) is 22.2 Å². The molecular formula is C22H18Cl3NO5S. The van der Waals surface area contributed by atoms with Crippen LogP contribution in [0.15, 0.2) is 58.4 Å². The van der Waals surface area contributed by atoms with Crippen molar-refractivity contribution in [2.45, 2.75) is 11.8 Å². The summed E-state index contributed by atoms with van der Waals surface area (Å²) in [6.45, 7) is 1.85. The quantitative estimate of drug-likeness (QED) is 0.266. The van der Waals surface area contributed by atoms with E-state index in [4.69, 9.17) is 48.5 Å². The van der Waals surface area contributed by atoms with Gasteiger partial charge >= 0.3 is 10.1 Å². The molecule has 0 aliphatic carbocycles. The second-order valence-electron chi connectivity index (χ2n) is 6.57. The van der Waals surface area contributed by atoms with E-state index in [1.54, 1.807) is 24.3 Å². The molecule has 0 heterocycles. The Morgan fingerprint density at radius 3 is 2.16 bits per heavy atom. The number of halogens is 3. The van der Waals surface area contributed by atoms with Gasteiger partial charge in [-0.25, -0.2) is 0 Å². The van der Waals surface area contributed by atoms with Crippen LogP contribution in [-0.4, -0.2) is 28.9 Å². The van der Waals surface area contributed by atoms with Crippen LogP contribution in [0.1, 0.15) is 11.1 Å². The van der Waals surface area contributed by atoms with E-state index >= 15 is 0 Å². The smallest absolute Gasteiger partial charge is 0.339 e. The monoisotopic (exact) mass is 513 g/mol. The molecule has 0 aliphatic rings. The summed E-state index contributed by atoms with van der Waals surface area (Å²) in [5, 5.41) is 0.634. The highest BCUT2D eigenvalue weighted by Gasteiger charge is 2.21. The molecule has 0 atom stereocenters. The zero-order chi connectivity index (χ0) is 23.5. The largest absolute Gasteiger partial charge is 0.495 e. The third-order valence-corrected chi connectivity index (χ3v) is 6.37. The molecule has 0 unspecified atom stereocenters. The third kappa shape index (κ3) is 5.48. The Hall–Kier alpha value is -2.45. The van der Waals surface area contributed by atoms with Gasteiger partial charge in [0.15, 0.2) is 5.75 Å². The zero-order valence-corrected chi connectivity index (χ0v) is 20.3. The molecule has 32 heavy (non-hydrogen) atoms. The van der Waals surface area contributed by atoms with Crippen LogP contribution < -0.4 is 13.7 Å². The van der Waals surface area contributed by atoms with Crippen molar-refractivity contribution in [2.24, 2.45) is 4.99 Å². The Bertz CT molecular complexity index is 1280. The molecule has 0 amide bonds. The summed E-state index contributed by atoms with van der Waals surface area (Å²) in [4.78, 5) is 4.36. The molecule has 0 bridgehead atoms. The number of benzene rings is 3. The molecule has 168 valence electrons. The second kappa shape index (κ2) is 10.0. The maximum atomic E-state index is 12.8. The van der Waals surface area contributed by atoms with Crippen molar-refractivity contribution < 1.29 is 22.1 Å². The highest BCUT2D eigenvalue weighted by atomic mass is 35.5. The van der Waals surface area contributed by atoms with E-state index in [1.807, 2.05) is 6.92 Å². The van der Waals surface area contributed by atoms with E-state index in [-0.39, 0.29) is 26.3 Å². The number of methoxy groups -OCH3 is 2. The Kier molecular flexibility index (Phi) is 7.56. The molecule has 3 rings (SSSR count). The van der Waals surface area contributed by atoms with Crippen LogP contribution in [-0.2, 0) is 10.1 Å². The van der Waals surface area contributed by atoms with Crippen LogP contribution in [0.25, 0.3) is 0 Å². The first-order chi connectivity index (χ1) is 15.1. The second-order valence-corrected chi connectivity index (χ2v) is 9.37. The molecule has 6 nitrogen and oxygen atoms in total. The van der Waals surface area contributed by atoms with Crippen LogP contribution >= 0.6 is 34.8 Å². The van der Waals surface area contributed by atoms with Gasteiger partial charge in [-0.3, -0.25) is 4.99 Å². The highest BCUT2D eigenvalue weighted by Crippen LogP contribution is 2.38. The fourth-order valence-corrected chi connectivity index (χ4v) is 4.51. The minimum absolute atomic E-state index is 0.00953. The van der Waals surface area contributed by atoms with Gasteiger partial charge in [0.25, 0.3) is 0 Å². The van der Waals surface area contributed by atoms with Crippen LogP contribution in [0.3, 0.4) is 0 Å². The molecular weight excluding hydrogens is 497 g/mol. The standard InChI is InChI=1S/C22H18Cl3NO5S/c1-13-4-6-16(7-5-13)32(27,28)31-22-14(8-15(23)9-18(22)25)12-26-19-11-20(29-2)17(24)10-21(19)30-3/h4-12H,1-3H3. The minimum atomic E-state index is -4.15. The third-order valence-electron chi connectivity index (χ3n) is 4.34. The lowest BCUT2D eigenvalue weighted by atomic mass is 10.2. The van der Waals surface area contributed by atoms with Crippen molar-refractivity contribution in [2.75, 3.05) is 14.2 Å². The first kappa shape index (κ1) is 24.2. The predicted molar refractivity (Wildman–Crippen MR) is 127 cm³/mol. The van der Waals surface area contributed by atoms with Crippen LogP contribution in [0.4, 0.5) is 5.69 Å². The Balaban J connectivity index is 2.05. The molecule has 0 N–H and O–H groups in total. The summed E-state index contributed by atoms with van der Waals surface area (Å²) in [6.07, 6.45) is 1.36. The number of aliphatic imine (C=N–C) groups is 1. The molecule has 3 aromatic rings. The number of rotatable bonds is 7. The molecule has 0 fully saturated rings. The fourth-order valence-electron chi connectivity index (χ4n) is 2.71. The van der Waals surface area contributed by atoms with E-state index in [0.717, 1.165) is 5.56 Å². The lowest BCUT2D eigenvalue weighted by Gasteiger charge is -2.12. The number of nitrogens with zero attached hydrogens (tertiary/aromatic N) is 1. The van der Waals surface area contributed by atoms with Crippen molar-refractivity contribution in [1.29, 1.82) is 0 Å².